The fourth-order valence-electron chi connectivity index (χ4n) is 2.87. The highest BCUT2D eigenvalue weighted by atomic mass is 32.1. The van der Waals surface area contributed by atoms with Gasteiger partial charge in [-0.1, -0.05) is 36.2 Å². The number of rotatable bonds is 2. The fraction of sp³-hybridized carbons (Fsp3) is 0.412. The number of hydrogen-bond acceptors (Lipinski definition) is 2. The lowest BCUT2D eigenvalue weighted by Gasteiger charge is -2.03. The van der Waals surface area contributed by atoms with Gasteiger partial charge in [0.2, 0.25) is 0 Å². The van der Waals surface area contributed by atoms with Gasteiger partial charge in [0.05, 0.1) is 16.8 Å². The first-order valence-corrected chi connectivity index (χ1v) is 8.12. The summed E-state index contributed by atoms with van der Waals surface area (Å²) >= 11 is 1.55. The van der Waals surface area contributed by atoms with Crippen LogP contribution in [0.25, 0.3) is 10.2 Å². The number of aryl methyl sites for hydroxylation is 1. The van der Waals surface area contributed by atoms with Gasteiger partial charge in [0.1, 0.15) is 0 Å². The Morgan fingerprint density at radius 2 is 2.24 bits per heavy atom. The van der Waals surface area contributed by atoms with Crippen LogP contribution in [0, 0.1) is 25.2 Å². The Bertz CT molecular complexity index is 785. The van der Waals surface area contributed by atoms with Crippen molar-refractivity contribution in [2.24, 2.45) is 10.9 Å². The van der Waals surface area contributed by atoms with Gasteiger partial charge in [-0.3, -0.25) is 4.79 Å². The molecule has 0 atom stereocenters. The van der Waals surface area contributed by atoms with Crippen LogP contribution in [0.15, 0.2) is 23.2 Å². The zero-order valence-corrected chi connectivity index (χ0v) is 12.9. The maximum Gasteiger partial charge on any atom is 0.251 e. The first kappa shape index (κ1) is 14.1. The van der Waals surface area contributed by atoms with E-state index in [0.29, 0.717) is 6.54 Å². The number of carbonyl (C=O) groups is 1. The van der Waals surface area contributed by atoms with E-state index in [9.17, 15) is 4.79 Å². The summed E-state index contributed by atoms with van der Waals surface area (Å²) in [6.07, 6.45) is 9.70. The number of carbonyl (C=O) groups excluding carboxylic acids is 1. The zero-order chi connectivity index (χ0) is 14.8. The van der Waals surface area contributed by atoms with Crippen LogP contribution >= 0.6 is 11.3 Å². The van der Waals surface area contributed by atoms with E-state index in [-0.39, 0.29) is 11.8 Å². The Morgan fingerprint density at radius 3 is 2.95 bits per heavy atom. The molecule has 1 amide bonds. The van der Waals surface area contributed by atoms with Crippen molar-refractivity contribution < 1.29 is 4.79 Å². The molecule has 1 aliphatic rings. The quantitative estimate of drug-likeness (QED) is 0.784. The number of nitrogens with zero attached hydrogens (tertiary/aromatic N) is 2. The molecule has 3 nitrogen and oxygen atoms in total. The second-order valence-electron chi connectivity index (χ2n) is 5.58. The molecule has 0 spiro atoms. The van der Waals surface area contributed by atoms with Crippen LogP contribution in [-0.2, 0) is 11.3 Å². The Hall–Kier alpha value is -1.86. The molecule has 21 heavy (non-hydrogen) atoms. The Balaban J connectivity index is 2.10. The van der Waals surface area contributed by atoms with Crippen LogP contribution in [-0.4, -0.2) is 10.5 Å². The lowest BCUT2D eigenvalue weighted by molar-refractivity contribution is -0.121. The van der Waals surface area contributed by atoms with Gasteiger partial charge in [0.15, 0.2) is 4.80 Å². The van der Waals surface area contributed by atoms with Crippen LogP contribution in [0.5, 0.6) is 0 Å². The smallest absolute Gasteiger partial charge is 0.251 e. The normalized spacial score (nSPS) is 16.5. The van der Waals surface area contributed by atoms with Crippen molar-refractivity contribution in [1.29, 1.82) is 0 Å². The first-order chi connectivity index (χ1) is 10.2. The highest BCUT2D eigenvalue weighted by Crippen LogP contribution is 2.26. The predicted octanol–water partition coefficient (Wildman–Crippen LogP) is 3.26. The third kappa shape index (κ3) is 2.79. The van der Waals surface area contributed by atoms with Crippen LogP contribution in [0.4, 0.5) is 0 Å². The molecule has 1 heterocycles. The minimum absolute atomic E-state index is 0.0153. The molecule has 2 aromatic rings. The highest BCUT2D eigenvalue weighted by molar-refractivity contribution is 7.16. The van der Waals surface area contributed by atoms with E-state index < -0.39 is 0 Å². The van der Waals surface area contributed by atoms with Crippen molar-refractivity contribution >= 4 is 27.5 Å². The second-order valence-corrected chi connectivity index (χ2v) is 6.59. The molecule has 1 saturated carbocycles. The average molecular weight is 298 g/mol. The SMILES string of the molecule is C#CCn1c(=NC(=O)C2CCCC2)sc2cc(C)ccc21. The molecule has 1 aromatic heterocycles. The van der Waals surface area contributed by atoms with Crippen LogP contribution in [0.3, 0.4) is 0 Å². The summed E-state index contributed by atoms with van der Waals surface area (Å²) in [6.45, 7) is 2.50. The predicted molar refractivity (Wildman–Crippen MR) is 85.9 cm³/mol. The third-order valence-electron chi connectivity index (χ3n) is 4.00. The Labute approximate surface area is 128 Å². The number of hydrogen-bond donors (Lipinski definition) is 0. The lowest BCUT2D eigenvalue weighted by Crippen LogP contribution is -2.19. The van der Waals surface area contributed by atoms with Crippen molar-refractivity contribution in [3.8, 4) is 12.3 Å². The van der Waals surface area contributed by atoms with Crippen molar-refractivity contribution in [3.05, 3.63) is 28.6 Å². The van der Waals surface area contributed by atoms with Crippen LogP contribution in [0.1, 0.15) is 31.2 Å². The molecule has 108 valence electrons. The minimum Gasteiger partial charge on any atom is -0.305 e. The maximum absolute atomic E-state index is 12.3. The number of terminal acetylenes is 1. The van der Waals surface area contributed by atoms with Gasteiger partial charge in [0, 0.05) is 5.92 Å². The second kappa shape index (κ2) is 5.87. The van der Waals surface area contributed by atoms with Crippen molar-refractivity contribution in [1.82, 2.24) is 4.57 Å². The summed E-state index contributed by atoms with van der Waals surface area (Å²) in [5, 5.41) is 0. The molecule has 1 aromatic carbocycles. The average Bonchev–Trinajstić information content (AvgIpc) is 3.08. The van der Waals surface area contributed by atoms with E-state index in [2.05, 4.69) is 36.0 Å². The van der Waals surface area contributed by atoms with Crippen molar-refractivity contribution in [2.75, 3.05) is 0 Å². The molecule has 1 aliphatic carbocycles. The highest BCUT2D eigenvalue weighted by Gasteiger charge is 2.22. The van der Waals surface area contributed by atoms with E-state index in [0.717, 1.165) is 40.7 Å². The molecule has 3 rings (SSSR count). The van der Waals surface area contributed by atoms with E-state index in [1.165, 1.54) is 5.56 Å². The van der Waals surface area contributed by atoms with Gasteiger partial charge in [-0.2, -0.15) is 4.99 Å². The van der Waals surface area contributed by atoms with E-state index >= 15 is 0 Å². The fourth-order valence-corrected chi connectivity index (χ4v) is 4.00. The van der Waals surface area contributed by atoms with Gasteiger partial charge in [-0.25, -0.2) is 0 Å². The molecular formula is C17H18N2OS. The molecule has 0 saturated heterocycles. The minimum atomic E-state index is 0.0153. The summed E-state index contributed by atoms with van der Waals surface area (Å²) in [5.41, 5.74) is 2.26. The molecule has 0 radical (unpaired) electrons. The molecule has 4 heteroatoms. The van der Waals surface area contributed by atoms with Gasteiger partial charge >= 0.3 is 0 Å². The summed E-state index contributed by atoms with van der Waals surface area (Å²) in [7, 11) is 0. The molecule has 1 fully saturated rings. The number of fused-ring (bicyclic) bond motifs is 1. The summed E-state index contributed by atoms with van der Waals surface area (Å²) in [5.74, 6) is 2.78. The maximum atomic E-state index is 12.3. The van der Waals surface area contributed by atoms with E-state index in [4.69, 9.17) is 6.42 Å². The van der Waals surface area contributed by atoms with Crippen molar-refractivity contribution in [3.63, 3.8) is 0 Å². The molecule has 0 aliphatic heterocycles. The standard InChI is InChI=1S/C17H18N2OS/c1-3-10-19-14-9-8-12(2)11-15(14)21-17(19)18-16(20)13-6-4-5-7-13/h1,8-9,11,13H,4-7,10H2,2H3. The Morgan fingerprint density at radius 1 is 1.48 bits per heavy atom. The van der Waals surface area contributed by atoms with Gasteiger partial charge in [0.25, 0.3) is 5.91 Å². The monoisotopic (exact) mass is 298 g/mol. The van der Waals surface area contributed by atoms with E-state index in [1.807, 2.05) is 4.57 Å². The molecule has 0 N–H and O–H groups in total. The molecular weight excluding hydrogens is 280 g/mol. The Kier molecular flexibility index (Phi) is 3.94. The van der Waals surface area contributed by atoms with Crippen LogP contribution in [0.2, 0.25) is 0 Å². The topological polar surface area (TPSA) is 34.4 Å². The lowest BCUT2D eigenvalue weighted by atomic mass is 10.1. The van der Waals surface area contributed by atoms with E-state index in [1.54, 1.807) is 11.3 Å². The third-order valence-corrected chi connectivity index (χ3v) is 5.04. The van der Waals surface area contributed by atoms with Gasteiger partial charge in [-0.15, -0.1) is 6.42 Å². The number of thiazole rings is 1. The number of benzene rings is 1. The molecule has 0 unspecified atom stereocenters. The van der Waals surface area contributed by atoms with Gasteiger partial charge in [-0.05, 0) is 37.5 Å². The van der Waals surface area contributed by atoms with Gasteiger partial charge < -0.3 is 4.57 Å². The van der Waals surface area contributed by atoms with Crippen LogP contribution < -0.4 is 4.80 Å². The largest absolute Gasteiger partial charge is 0.305 e. The zero-order valence-electron chi connectivity index (χ0n) is 12.1. The first-order valence-electron chi connectivity index (χ1n) is 7.31. The molecule has 0 bridgehead atoms. The van der Waals surface area contributed by atoms with Crippen molar-refractivity contribution in [2.45, 2.75) is 39.2 Å². The number of aromatic nitrogens is 1. The number of amides is 1. The summed E-state index contributed by atoms with van der Waals surface area (Å²) in [6, 6.07) is 6.23. The summed E-state index contributed by atoms with van der Waals surface area (Å²) < 4.78 is 3.09. The summed E-state index contributed by atoms with van der Waals surface area (Å²) in [4.78, 5) is 17.4.